The average Bonchev–Trinajstić information content (AvgIpc) is 3.36. The molecule has 392 valence electrons. The van der Waals surface area contributed by atoms with Gasteiger partial charge in [-0.15, -0.1) is 0 Å². The summed E-state index contributed by atoms with van der Waals surface area (Å²) in [5.41, 5.74) is 0. The van der Waals surface area contributed by atoms with Crippen LogP contribution in [0, 0.1) is 0 Å². The third-order valence-electron chi connectivity index (χ3n) is 11.7. The minimum atomic E-state index is -0.887. The predicted octanol–water partition coefficient (Wildman–Crippen LogP) is 19.1. The fraction of sp³-hybridized carbons (Fsp3) is 0.561. The molecule has 0 aromatic rings. The zero-order valence-corrected chi connectivity index (χ0v) is 45.0. The molecule has 0 saturated carbocycles. The molecule has 0 rings (SSSR count). The van der Waals surface area contributed by atoms with E-state index in [1.165, 1.54) is 77.0 Å². The highest BCUT2D eigenvalue weighted by Gasteiger charge is 2.17. The summed E-state index contributed by atoms with van der Waals surface area (Å²) >= 11 is 0. The Morgan fingerprint density at radius 1 is 0.357 bits per heavy atom. The van der Waals surface area contributed by atoms with Crippen molar-refractivity contribution in [1.82, 2.24) is 5.32 Å². The van der Waals surface area contributed by atoms with Crippen LogP contribution in [-0.2, 0) is 4.79 Å². The molecule has 4 heteroatoms. The molecule has 0 spiro atoms. The number of hydrogen-bond donors (Lipinski definition) is 3. The number of nitrogens with one attached hydrogen (secondary N) is 1. The maximum Gasteiger partial charge on any atom is 0.220 e. The second kappa shape index (κ2) is 59.1. The van der Waals surface area contributed by atoms with Gasteiger partial charge in [-0.2, -0.15) is 0 Å². The molecule has 4 nitrogen and oxygen atoms in total. The normalized spacial score (nSPS) is 14.2. The van der Waals surface area contributed by atoms with Crippen LogP contribution in [0.3, 0.4) is 0 Å². The summed E-state index contributed by atoms with van der Waals surface area (Å²) in [6.07, 6.45) is 96.4. The molecule has 0 saturated heterocycles. The van der Waals surface area contributed by atoms with E-state index >= 15 is 0 Å². The van der Waals surface area contributed by atoms with Crippen LogP contribution in [0.15, 0.2) is 170 Å². The highest BCUT2D eigenvalue weighted by atomic mass is 16.3. The Hall–Kier alpha value is -4.25. The summed E-state index contributed by atoms with van der Waals surface area (Å²) in [5.74, 6) is -0.0970. The lowest BCUT2D eigenvalue weighted by atomic mass is 10.1. The first-order valence-electron chi connectivity index (χ1n) is 28.3. The zero-order chi connectivity index (χ0) is 50.6. The maximum atomic E-state index is 12.5. The number of amides is 1. The van der Waals surface area contributed by atoms with Crippen molar-refractivity contribution in [2.75, 3.05) is 6.61 Å². The molecule has 2 unspecified atom stereocenters. The molecule has 0 aliphatic heterocycles. The van der Waals surface area contributed by atoms with E-state index in [1.54, 1.807) is 6.08 Å². The second-order valence-electron chi connectivity index (χ2n) is 18.2. The Bertz CT molecular complexity index is 1560. The first kappa shape index (κ1) is 65.8. The van der Waals surface area contributed by atoms with Gasteiger partial charge in [-0.1, -0.05) is 255 Å². The summed E-state index contributed by atoms with van der Waals surface area (Å²) in [5, 5.41) is 23.1. The summed E-state index contributed by atoms with van der Waals surface area (Å²) in [7, 11) is 0. The van der Waals surface area contributed by atoms with Crippen LogP contribution in [0.4, 0.5) is 0 Å². The standard InChI is InChI=1S/C66H105NO3/c1-3-5-7-9-11-13-15-17-19-21-22-23-24-25-26-27-28-29-30-31-32-33-34-35-36-37-38-39-40-41-42-43-44-46-48-50-52-54-56-58-60-62-66(70)67-64(63-68)65(69)61-59-57-55-53-51-49-47-45-20-18-16-14-12-10-8-6-4-2/h5,7,11,13,17,19-20,22-23,25-26,28-29,31-32,34-35,37-38,40-41,43-45,51,53,59,61,64-65,68-69H,3-4,6,8-10,12,14-16,18,21,24,27,30,33,36,39,42,46-50,52,54-58,60,62-63H2,1-2H3,(H,67,70)/b7-5-,13-11-,19-17-,23-22-,26-25-,29-28-,32-31-,35-34-,38-37-,41-40-,44-43-,45-20+,53-51+,61-59+. The molecule has 0 radical (unpaired) electrons. The van der Waals surface area contributed by atoms with Crippen LogP contribution >= 0.6 is 0 Å². The summed E-state index contributed by atoms with van der Waals surface area (Å²) in [6, 6.07) is -0.664. The van der Waals surface area contributed by atoms with E-state index in [-0.39, 0.29) is 12.5 Å². The molecule has 0 aromatic carbocycles. The van der Waals surface area contributed by atoms with Gasteiger partial charge >= 0.3 is 0 Å². The summed E-state index contributed by atoms with van der Waals surface area (Å²) in [4.78, 5) is 12.5. The maximum absolute atomic E-state index is 12.5. The largest absolute Gasteiger partial charge is 0.394 e. The van der Waals surface area contributed by atoms with Crippen molar-refractivity contribution in [2.45, 2.75) is 231 Å². The Kier molecular flexibility index (Phi) is 55.5. The molecular formula is C66H105NO3. The topological polar surface area (TPSA) is 69.6 Å². The number of hydrogen-bond acceptors (Lipinski definition) is 3. The van der Waals surface area contributed by atoms with Gasteiger partial charge in [-0.05, 0) is 128 Å². The van der Waals surface area contributed by atoms with E-state index in [9.17, 15) is 15.0 Å². The van der Waals surface area contributed by atoms with Crippen LogP contribution in [-0.4, -0.2) is 34.9 Å². The summed E-state index contributed by atoms with van der Waals surface area (Å²) in [6.45, 7) is 4.15. The van der Waals surface area contributed by atoms with E-state index in [0.717, 1.165) is 122 Å². The SMILES string of the molecule is CC/C=C\C/C=C\C/C=C\C/C=C\C/C=C\C/C=C\C/C=C\C/C=C\C/C=C\C/C=C\C/C=C\CCCCCCCCCC(=O)NC(CO)C(O)/C=C/CC/C=C/CC/C=C/CCCCCCCCC. The smallest absolute Gasteiger partial charge is 0.220 e. The lowest BCUT2D eigenvalue weighted by molar-refractivity contribution is -0.123. The van der Waals surface area contributed by atoms with Crippen molar-refractivity contribution >= 4 is 5.91 Å². The minimum Gasteiger partial charge on any atom is -0.394 e. The quantitative estimate of drug-likeness (QED) is 0.0420. The second-order valence-corrected chi connectivity index (χ2v) is 18.2. The van der Waals surface area contributed by atoms with Crippen molar-refractivity contribution in [2.24, 2.45) is 0 Å². The Labute approximate surface area is 432 Å². The van der Waals surface area contributed by atoms with Gasteiger partial charge < -0.3 is 15.5 Å². The van der Waals surface area contributed by atoms with Gasteiger partial charge in [0.2, 0.25) is 5.91 Å². The van der Waals surface area contributed by atoms with Crippen molar-refractivity contribution in [3.8, 4) is 0 Å². The van der Waals surface area contributed by atoms with Gasteiger partial charge in [0, 0.05) is 6.42 Å². The number of rotatable bonds is 49. The molecule has 3 N–H and O–H groups in total. The molecule has 0 aromatic heterocycles. The fourth-order valence-electron chi connectivity index (χ4n) is 7.39. The molecular weight excluding hydrogens is 855 g/mol. The van der Waals surface area contributed by atoms with Crippen LogP contribution in [0.1, 0.15) is 219 Å². The molecule has 0 heterocycles. The first-order chi connectivity index (χ1) is 34.7. The Morgan fingerprint density at radius 2 is 0.643 bits per heavy atom. The third-order valence-corrected chi connectivity index (χ3v) is 11.7. The molecule has 2 atom stereocenters. The van der Waals surface area contributed by atoms with Crippen LogP contribution in [0.2, 0.25) is 0 Å². The third kappa shape index (κ3) is 54.7. The molecule has 0 bridgehead atoms. The summed E-state index contributed by atoms with van der Waals surface area (Å²) < 4.78 is 0. The van der Waals surface area contributed by atoms with Gasteiger partial charge in [0.05, 0.1) is 18.8 Å². The van der Waals surface area contributed by atoms with Crippen LogP contribution in [0.25, 0.3) is 0 Å². The zero-order valence-electron chi connectivity index (χ0n) is 45.0. The monoisotopic (exact) mass is 960 g/mol. The van der Waals surface area contributed by atoms with Gasteiger partial charge in [0.1, 0.15) is 0 Å². The molecule has 70 heavy (non-hydrogen) atoms. The first-order valence-corrected chi connectivity index (χ1v) is 28.3. The Balaban J connectivity index is 3.71. The number of unbranched alkanes of at least 4 members (excludes halogenated alkanes) is 16. The van der Waals surface area contributed by atoms with Gasteiger partial charge in [-0.25, -0.2) is 0 Å². The van der Waals surface area contributed by atoms with Crippen LogP contribution in [0.5, 0.6) is 0 Å². The lowest BCUT2D eigenvalue weighted by Crippen LogP contribution is -2.45. The average molecular weight is 961 g/mol. The van der Waals surface area contributed by atoms with Crippen LogP contribution < -0.4 is 5.32 Å². The molecule has 0 fully saturated rings. The van der Waals surface area contributed by atoms with Crippen molar-refractivity contribution in [3.63, 3.8) is 0 Å². The highest BCUT2D eigenvalue weighted by Crippen LogP contribution is 2.12. The molecule has 0 aliphatic rings. The lowest BCUT2D eigenvalue weighted by Gasteiger charge is -2.19. The van der Waals surface area contributed by atoms with E-state index < -0.39 is 12.1 Å². The number of allylic oxidation sites excluding steroid dienone is 27. The van der Waals surface area contributed by atoms with E-state index in [1.807, 2.05) is 6.08 Å². The van der Waals surface area contributed by atoms with E-state index in [2.05, 4.69) is 177 Å². The number of aliphatic hydroxyl groups excluding tert-OH is 2. The van der Waals surface area contributed by atoms with Crippen molar-refractivity contribution < 1.29 is 15.0 Å². The molecule has 0 aliphatic carbocycles. The van der Waals surface area contributed by atoms with Gasteiger partial charge in [0.15, 0.2) is 0 Å². The van der Waals surface area contributed by atoms with Gasteiger partial charge in [-0.3, -0.25) is 4.79 Å². The molecule has 1 amide bonds. The number of carbonyl (C=O) groups excluding carboxylic acids is 1. The highest BCUT2D eigenvalue weighted by molar-refractivity contribution is 5.76. The Morgan fingerprint density at radius 3 is 1.00 bits per heavy atom. The van der Waals surface area contributed by atoms with Crippen molar-refractivity contribution in [1.29, 1.82) is 0 Å². The van der Waals surface area contributed by atoms with E-state index in [4.69, 9.17) is 0 Å². The van der Waals surface area contributed by atoms with E-state index in [0.29, 0.717) is 6.42 Å². The fourth-order valence-corrected chi connectivity index (χ4v) is 7.39. The predicted molar refractivity (Wildman–Crippen MR) is 312 cm³/mol. The number of carbonyl (C=O) groups is 1. The van der Waals surface area contributed by atoms with Gasteiger partial charge in [0.25, 0.3) is 0 Å². The number of aliphatic hydroxyl groups is 2. The minimum absolute atomic E-state index is 0.0970. The van der Waals surface area contributed by atoms with Crippen molar-refractivity contribution in [3.05, 3.63) is 170 Å².